The maximum atomic E-state index is 4.74. The molecule has 0 amide bonds. The first kappa shape index (κ1) is 14.1. The molecule has 0 radical (unpaired) electrons. The lowest BCUT2D eigenvalue weighted by molar-refractivity contribution is 0.606. The lowest BCUT2D eigenvalue weighted by Gasteiger charge is -2.02. The molecule has 1 aromatic heterocycles. The molecule has 0 atom stereocenters. The smallest absolute Gasteiger partial charge is 0.0703 e. The number of para-hydroxylation sites is 1. The zero-order chi connectivity index (χ0) is 13.5. The van der Waals surface area contributed by atoms with Crippen molar-refractivity contribution in [2.75, 3.05) is 13.1 Å². The summed E-state index contributed by atoms with van der Waals surface area (Å²) in [4.78, 5) is 0. The molecule has 0 fully saturated rings. The van der Waals surface area contributed by atoms with Crippen LogP contribution in [-0.2, 0) is 13.0 Å². The van der Waals surface area contributed by atoms with Crippen LogP contribution in [-0.4, -0.2) is 22.9 Å². The lowest BCUT2D eigenvalue weighted by Crippen LogP contribution is -2.15. The molecule has 2 aromatic rings. The summed E-state index contributed by atoms with van der Waals surface area (Å²) in [6, 6.07) is 8.56. The Balaban J connectivity index is 1.93. The Morgan fingerprint density at radius 3 is 2.74 bits per heavy atom. The number of fused-ring (bicyclic) bond motifs is 1. The fourth-order valence-corrected chi connectivity index (χ4v) is 2.47. The minimum atomic E-state index is 0.943. The van der Waals surface area contributed by atoms with Gasteiger partial charge in [0.05, 0.1) is 11.2 Å². The molecule has 0 aliphatic heterocycles. The van der Waals surface area contributed by atoms with Crippen LogP contribution in [0.25, 0.3) is 10.9 Å². The van der Waals surface area contributed by atoms with Crippen LogP contribution < -0.4 is 5.32 Å². The first-order valence-electron chi connectivity index (χ1n) is 7.52. The average molecular weight is 259 g/mol. The molecule has 19 heavy (non-hydrogen) atoms. The molecule has 0 spiro atoms. The van der Waals surface area contributed by atoms with Gasteiger partial charge in [-0.2, -0.15) is 5.10 Å². The van der Waals surface area contributed by atoms with Crippen molar-refractivity contribution >= 4 is 10.9 Å². The monoisotopic (exact) mass is 259 g/mol. The highest BCUT2D eigenvalue weighted by molar-refractivity contribution is 5.81. The highest BCUT2D eigenvalue weighted by atomic mass is 15.3. The summed E-state index contributed by atoms with van der Waals surface area (Å²) >= 11 is 0. The SMILES string of the molecule is CCCNCCCCc1nn(CC)c2ccccc12. The van der Waals surface area contributed by atoms with Gasteiger partial charge in [0, 0.05) is 11.9 Å². The van der Waals surface area contributed by atoms with Crippen LogP contribution in [0.5, 0.6) is 0 Å². The molecular formula is C16H25N3. The molecule has 1 aromatic carbocycles. The highest BCUT2D eigenvalue weighted by Crippen LogP contribution is 2.19. The quantitative estimate of drug-likeness (QED) is 0.737. The Morgan fingerprint density at radius 2 is 1.95 bits per heavy atom. The second-order valence-electron chi connectivity index (χ2n) is 4.99. The summed E-state index contributed by atoms with van der Waals surface area (Å²) in [7, 11) is 0. The summed E-state index contributed by atoms with van der Waals surface area (Å²) in [5.41, 5.74) is 2.53. The van der Waals surface area contributed by atoms with E-state index in [-0.39, 0.29) is 0 Å². The van der Waals surface area contributed by atoms with Crippen LogP contribution >= 0.6 is 0 Å². The standard InChI is InChI=1S/C16H25N3/c1-3-12-17-13-8-7-10-15-14-9-5-6-11-16(14)19(4-2)18-15/h5-6,9,11,17H,3-4,7-8,10,12-13H2,1-2H3. The summed E-state index contributed by atoms with van der Waals surface area (Å²) < 4.78 is 2.11. The predicted molar refractivity (Wildman–Crippen MR) is 81.5 cm³/mol. The molecule has 0 saturated carbocycles. The van der Waals surface area contributed by atoms with E-state index >= 15 is 0 Å². The van der Waals surface area contributed by atoms with E-state index in [1.54, 1.807) is 0 Å². The molecular weight excluding hydrogens is 234 g/mol. The van der Waals surface area contributed by atoms with Gasteiger partial charge >= 0.3 is 0 Å². The number of benzene rings is 1. The first-order chi connectivity index (χ1) is 9.36. The third-order valence-corrected chi connectivity index (χ3v) is 3.48. The van der Waals surface area contributed by atoms with Crippen molar-refractivity contribution in [3.8, 4) is 0 Å². The van der Waals surface area contributed by atoms with Crippen molar-refractivity contribution in [3.63, 3.8) is 0 Å². The van der Waals surface area contributed by atoms with E-state index in [0.29, 0.717) is 0 Å². The van der Waals surface area contributed by atoms with E-state index < -0.39 is 0 Å². The topological polar surface area (TPSA) is 29.9 Å². The molecule has 1 N–H and O–H groups in total. The fraction of sp³-hybridized carbons (Fsp3) is 0.562. The Kier molecular flexibility index (Phi) is 5.40. The van der Waals surface area contributed by atoms with Crippen molar-refractivity contribution in [3.05, 3.63) is 30.0 Å². The zero-order valence-electron chi connectivity index (χ0n) is 12.2. The van der Waals surface area contributed by atoms with Gasteiger partial charge in [0.1, 0.15) is 0 Å². The number of aromatic nitrogens is 2. The Labute approximate surface area is 116 Å². The van der Waals surface area contributed by atoms with Gasteiger partial charge in [0.25, 0.3) is 0 Å². The average Bonchev–Trinajstić information content (AvgIpc) is 2.81. The molecule has 0 aliphatic carbocycles. The number of unbranched alkanes of at least 4 members (excludes halogenated alkanes) is 1. The molecule has 3 heteroatoms. The lowest BCUT2D eigenvalue weighted by atomic mass is 10.1. The van der Waals surface area contributed by atoms with E-state index in [0.717, 1.165) is 26.1 Å². The Bertz CT molecular complexity index is 502. The minimum Gasteiger partial charge on any atom is -0.317 e. The molecule has 0 saturated heterocycles. The maximum absolute atomic E-state index is 4.74. The van der Waals surface area contributed by atoms with E-state index in [1.807, 2.05) is 0 Å². The molecule has 0 bridgehead atoms. The van der Waals surface area contributed by atoms with Crippen LogP contribution in [0.15, 0.2) is 24.3 Å². The second kappa shape index (κ2) is 7.29. The molecule has 0 unspecified atom stereocenters. The summed E-state index contributed by atoms with van der Waals surface area (Å²) in [5.74, 6) is 0. The van der Waals surface area contributed by atoms with Crippen molar-refractivity contribution in [2.45, 2.75) is 46.1 Å². The van der Waals surface area contributed by atoms with Gasteiger partial charge in [0.2, 0.25) is 0 Å². The van der Waals surface area contributed by atoms with Crippen molar-refractivity contribution in [2.24, 2.45) is 0 Å². The largest absolute Gasteiger partial charge is 0.317 e. The van der Waals surface area contributed by atoms with Crippen LogP contribution in [0.4, 0.5) is 0 Å². The van der Waals surface area contributed by atoms with E-state index in [9.17, 15) is 0 Å². The van der Waals surface area contributed by atoms with Gasteiger partial charge in [-0.1, -0.05) is 25.1 Å². The number of hydrogen-bond donors (Lipinski definition) is 1. The number of hydrogen-bond acceptors (Lipinski definition) is 2. The molecule has 1 heterocycles. The van der Waals surface area contributed by atoms with Crippen molar-refractivity contribution < 1.29 is 0 Å². The molecule has 0 aliphatic rings. The van der Waals surface area contributed by atoms with Crippen LogP contribution in [0, 0.1) is 0 Å². The summed E-state index contributed by atoms with van der Waals surface area (Å²) in [5, 5.41) is 9.51. The van der Waals surface area contributed by atoms with E-state index in [4.69, 9.17) is 5.10 Å². The van der Waals surface area contributed by atoms with Gasteiger partial charge in [0.15, 0.2) is 0 Å². The molecule has 3 nitrogen and oxygen atoms in total. The fourth-order valence-electron chi connectivity index (χ4n) is 2.47. The molecule has 2 rings (SSSR count). The summed E-state index contributed by atoms with van der Waals surface area (Å²) in [6.45, 7) is 7.56. The third-order valence-electron chi connectivity index (χ3n) is 3.48. The first-order valence-corrected chi connectivity index (χ1v) is 7.52. The normalized spacial score (nSPS) is 11.3. The summed E-state index contributed by atoms with van der Waals surface area (Å²) in [6.07, 6.45) is 4.74. The van der Waals surface area contributed by atoms with Gasteiger partial charge in [-0.3, -0.25) is 4.68 Å². The number of rotatable bonds is 8. The Hall–Kier alpha value is -1.35. The number of aryl methyl sites for hydroxylation is 2. The highest BCUT2D eigenvalue weighted by Gasteiger charge is 2.08. The van der Waals surface area contributed by atoms with E-state index in [1.165, 1.54) is 35.9 Å². The van der Waals surface area contributed by atoms with Gasteiger partial charge < -0.3 is 5.32 Å². The van der Waals surface area contributed by atoms with Crippen LogP contribution in [0.3, 0.4) is 0 Å². The van der Waals surface area contributed by atoms with Crippen molar-refractivity contribution in [1.82, 2.24) is 15.1 Å². The maximum Gasteiger partial charge on any atom is 0.0703 e. The zero-order valence-corrected chi connectivity index (χ0v) is 12.2. The van der Waals surface area contributed by atoms with Crippen molar-refractivity contribution in [1.29, 1.82) is 0 Å². The Morgan fingerprint density at radius 1 is 1.11 bits per heavy atom. The molecule has 104 valence electrons. The van der Waals surface area contributed by atoms with Gasteiger partial charge in [-0.05, 0) is 51.8 Å². The predicted octanol–water partition coefficient (Wildman–Crippen LogP) is 3.38. The third kappa shape index (κ3) is 3.57. The van der Waals surface area contributed by atoms with Crippen LogP contribution in [0.1, 0.15) is 38.8 Å². The van der Waals surface area contributed by atoms with Crippen LogP contribution in [0.2, 0.25) is 0 Å². The number of nitrogens with zero attached hydrogens (tertiary/aromatic N) is 2. The van der Waals surface area contributed by atoms with E-state index in [2.05, 4.69) is 48.1 Å². The van der Waals surface area contributed by atoms with Gasteiger partial charge in [-0.25, -0.2) is 0 Å². The number of nitrogens with one attached hydrogen (secondary N) is 1. The van der Waals surface area contributed by atoms with Gasteiger partial charge in [-0.15, -0.1) is 0 Å². The minimum absolute atomic E-state index is 0.943. The second-order valence-corrected chi connectivity index (χ2v) is 4.99.